The van der Waals surface area contributed by atoms with Gasteiger partial charge in [0.2, 0.25) is 0 Å². The van der Waals surface area contributed by atoms with Crippen LogP contribution in [-0.2, 0) is 4.74 Å². The van der Waals surface area contributed by atoms with Crippen LogP contribution in [-0.4, -0.2) is 29.3 Å². The van der Waals surface area contributed by atoms with E-state index in [1.54, 1.807) is 0 Å². The van der Waals surface area contributed by atoms with Crippen LogP contribution < -0.4 is 5.32 Å². The second-order valence-corrected chi connectivity index (χ2v) is 5.72. The second-order valence-electron chi connectivity index (χ2n) is 5.29. The summed E-state index contributed by atoms with van der Waals surface area (Å²) in [6.07, 6.45) is 2.47. The van der Waals surface area contributed by atoms with Gasteiger partial charge in [-0.15, -0.1) is 0 Å². The van der Waals surface area contributed by atoms with Crippen LogP contribution in [0.1, 0.15) is 30.7 Å². The van der Waals surface area contributed by atoms with Crippen molar-refractivity contribution in [2.45, 2.75) is 24.9 Å². The van der Waals surface area contributed by atoms with Crippen LogP contribution in [0.15, 0.2) is 18.2 Å². The third kappa shape index (κ3) is 2.04. The predicted octanol–water partition coefficient (Wildman–Crippen LogP) is 2.69. The molecule has 2 heterocycles. The largest absolute Gasteiger partial charge is 0.378 e. The summed E-state index contributed by atoms with van der Waals surface area (Å²) in [5, 5.41) is 4.26. The number of hydrogen-bond acceptors (Lipinski definition) is 3. The van der Waals surface area contributed by atoms with E-state index in [9.17, 15) is 0 Å². The summed E-state index contributed by atoms with van der Waals surface area (Å²) in [6, 6.07) is 6.71. The maximum atomic E-state index is 6.13. The van der Waals surface area contributed by atoms with Crippen LogP contribution in [0.4, 0.5) is 0 Å². The monoisotopic (exact) mass is 277 g/mol. The first-order chi connectivity index (χ1) is 9.33. The van der Waals surface area contributed by atoms with Crippen LogP contribution in [0.2, 0.25) is 5.02 Å². The van der Waals surface area contributed by atoms with E-state index in [0.29, 0.717) is 12.6 Å². The molecule has 1 aliphatic heterocycles. The maximum absolute atomic E-state index is 6.13. The lowest BCUT2D eigenvalue weighted by Crippen LogP contribution is -2.36. The molecule has 1 unspecified atom stereocenters. The fourth-order valence-electron chi connectivity index (χ4n) is 2.78. The van der Waals surface area contributed by atoms with Crippen molar-refractivity contribution in [3.05, 3.63) is 29.0 Å². The highest BCUT2D eigenvalue weighted by Gasteiger charge is 2.31. The van der Waals surface area contributed by atoms with Gasteiger partial charge in [-0.1, -0.05) is 11.6 Å². The molecule has 0 radical (unpaired) electrons. The molecular weight excluding hydrogens is 262 g/mol. The quantitative estimate of drug-likeness (QED) is 0.917. The molecule has 2 aliphatic rings. The molecule has 1 saturated heterocycles. The zero-order chi connectivity index (χ0) is 12.8. The Morgan fingerprint density at radius 3 is 3.00 bits per heavy atom. The van der Waals surface area contributed by atoms with Gasteiger partial charge >= 0.3 is 0 Å². The summed E-state index contributed by atoms with van der Waals surface area (Å²) in [6.45, 7) is 2.37. The van der Waals surface area contributed by atoms with Crippen molar-refractivity contribution in [1.82, 2.24) is 14.9 Å². The predicted molar refractivity (Wildman–Crippen MR) is 74.6 cm³/mol. The summed E-state index contributed by atoms with van der Waals surface area (Å²) in [5.74, 6) is 1.10. The van der Waals surface area contributed by atoms with Gasteiger partial charge in [0.25, 0.3) is 0 Å². The van der Waals surface area contributed by atoms with E-state index in [2.05, 4.69) is 9.88 Å². The minimum atomic E-state index is 0.195. The molecule has 1 aliphatic carbocycles. The molecule has 100 valence electrons. The number of fused-ring (bicyclic) bond motifs is 1. The van der Waals surface area contributed by atoms with Crippen molar-refractivity contribution in [3.8, 4) is 0 Å². The third-order valence-corrected chi connectivity index (χ3v) is 4.06. The molecule has 0 amide bonds. The average Bonchev–Trinajstić information content (AvgIpc) is 3.21. The Hall–Kier alpha value is -1.10. The molecule has 0 spiro atoms. The van der Waals surface area contributed by atoms with E-state index < -0.39 is 0 Å². The van der Waals surface area contributed by atoms with Crippen LogP contribution in [0.3, 0.4) is 0 Å². The van der Waals surface area contributed by atoms with Crippen molar-refractivity contribution >= 4 is 22.6 Å². The van der Waals surface area contributed by atoms with E-state index in [4.69, 9.17) is 21.3 Å². The zero-order valence-electron chi connectivity index (χ0n) is 10.6. The number of benzene rings is 1. The number of nitrogens with zero attached hydrogens (tertiary/aromatic N) is 2. The van der Waals surface area contributed by atoms with E-state index in [0.717, 1.165) is 35.0 Å². The molecule has 5 heteroatoms. The highest BCUT2D eigenvalue weighted by atomic mass is 35.5. The SMILES string of the molecule is Clc1ccc2nc(C3COCCN3)n(C3CC3)c2c1. The summed E-state index contributed by atoms with van der Waals surface area (Å²) >= 11 is 6.13. The summed E-state index contributed by atoms with van der Waals surface area (Å²) in [4.78, 5) is 4.80. The Bertz CT molecular complexity index is 614. The Morgan fingerprint density at radius 1 is 1.37 bits per heavy atom. The Balaban J connectivity index is 1.86. The van der Waals surface area contributed by atoms with Gasteiger partial charge in [0.1, 0.15) is 5.82 Å². The Kier molecular flexibility index (Phi) is 2.76. The van der Waals surface area contributed by atoms with Crippen molar-refractivity contribution in [1.29, 1.82) is 0 Å². The van der Waals surface area contributed by atoms with Crippen LogP contribution in [0, 0.1) is 0 Å². The van der Waals surface area contributed by atoms with Gasteiger partial charge in [0.15, 0.2) is 0 Å². The first-order valence-electron chi connectivity index (χ1n) is 6.81. The number of nitrogens with one attached hydrogen (secondary N) is 1. The lowest BCUT2D eigenvalue weighted by molar-refractivity contribution is 0.0732. The van der Waals surface area contributed by atoms with Crippen molar-refractivity contribution < 1.29 is 4.74 Å². The lowest BCUT2D eigenvalue weighted by Gasteiger charge is -2.24. The number of morpholine rings is 1. The summed E-state index contributed by atoms with van der Waals surface area (Å²) in [7, 11) is 0. The molecule has 2 fully saturated rings. The fraction of sp³-hybridized carbons (Fsp3) is 0.500. The summed E-state index contributed by atoms with van der Waals surface area (Å²) in [5.41, 5.74) is 2.18. The number of halogens is 1. The number of aromatic nitrogens is 2. The van der Waals surface area contributed by atoms with E-state index in [-0.39, 0.29) is 6.04 Å². The molecular formula is C14H16ClN3O. The molecule has 1 N–H and O–H groups in total. The average molecular weight is 278 g/mol. The first-order valence-corrected chi connectivity index (χ1v) is 7.19. The normalized spacial score (nSPS) is 23.9. The first kappa shape index (κ1) is 11.7. The van der Waals surface area contributed by atoms with E-state index in [1.807, 2.05) is 18.2 Å². The summed E-state index contributed by atoms with van der Waals surface area (Å²) < 4.78 is 7.92. The minimum absolute atomic E-state index is 0.195. The van der Waals surface area contributed by atoms with E-state index in [1.165, 1.54) is 12.8 Å². The molecule has 1 saturated carbocycles. The van der Waals surface area contributed by atoms with Gasteiger partial charge in [-0.05, 0) is 31.0 Å². The van der Waals surface area contributed by atoms with Gasteiger partial charge < -0.3 is 14.6 Å². The van der Waals surface area contributed by atoms with Crippen molar-refractivity contribution in [2.24, 2.45) is 0 Å². The van der Waals surface area contributed by atoms with Gasteiger partial charge in [-0.25, -0.2) is 4.98 Å². The topological polar surface area (TPSA) is 39.1 Å². The fourth-order valence-corrected chi connectivity index (χ4v) is 2.94. The van der Waals surface area contributed by atoms with Gasteiger partial charge in [-0.2, -0.15) is 0 Å². The molecule has 1 aromatic heterocycles. The second kappa shape index (κ2) is 4.47. The Morgan fingerprint density at radius 2 is 2.26 bits per heavy atom. The number of hydrogen-bond donors (Lipinski definition) is 1. The van der Waals surface area contributed by atoms with Crippen LogP contribution in [0.5, 0.6) is 0 Å². The van der Waals surface area contributed by atoms with Crippen LogP contribution in [0.25, 0.3) is 11.0 Å². The smallest absolute Gasteiger partial charge is 0.129 e. The number of ether oxygens (including phenoxy) is 1. The standard InChI is InChI=1S/C14H16ClN3O/c15-9-1-4-11-13(7-9)18(10-2-3-10)14(17-11)12-8-19-6-5-16-12/h1,4,7,10,12,16H,2-3,5-6,8H2. The van der Waals surface area contributed by atoms with Crippen molar-refractivity contribution in [3.63, 3.8) is 0 Å². The zero-order valence-corrected chi connectivity index (χ0v) is 11.4. The van der Waals surface area contributed by atoms with Gasteiger partial charge in [-0.3, -0.25) is 0 Å². The maximum Gasteiger partial charge on any atom is 0.129 e. The molecule has 1 atom stereocenters. The van der Waals surface area contributed by atoms with E-state index >= 15 is 0 Å². The molecule has 1 aromatic carbocycles. The Labute approximate surface area is 116 Å². The minimum Gasteiger partial charge on any atom is -0.378 e. The molecule has 2 aromatic rings. The molecule has 19 heavy (non-hydrogen) atoms. The lowest BCUT2D eigenvalue weighted by atomic mass is 10.2. The highest BCUT2D eigenvalue weighted by Crippen LogP contribution is 2.40. The van der Waals surface area contributed by atoms with Crippen LogP contribution >= 0.6 is 11.6 Å². The molecule has 4 rings (SSSR count). The molecule has 0 bridgehead atoms. The van der Waals surface area contributed by atoms with Gasteiger partial charge in [0.05, 0.1) is 30.3 Å². The molecule has 4 nitrogen and oxygen atoms in total. The number of rotatable bonds is 2. The third-order valence-electron chi connectivity index (χ3n) is 3.82. The number of imidazole rings is 1. The van der Waals surface area contributed by atoms with Crippen molar-refractivity contribution in [2.75, 3.05) is 19.8 Å². The van der Waals surface area contributed by atoms with Gasteiger partial charge in [0, 0.05) is 17.6 Å². The highest BCUT2D eigenvalue weighted by molar-refractivity contribution is 6.31.